The lowest BCUT2D eigenvalue weighted by Crippen LogP contribution is -2.40. The van der Waals surface area contributed by atoms with E-state index in [1.807, 2.05) is 18.2 Å². The van der Waals surface area contributed by atoms with Crippen molar-refractivity contribution >= 4 is 17.5 Å². The minimum atomic E-state index is -0.141. The summed E-state index contributed by atoms with van der Waals surface area (Å²) in [5, 5.41) is 0. The summed E-state index contributed by atoms with van der Waals surface area (Å²) < 4.78 is 5.22. The van der Waals surface area contributed by atoms with Crippen molar-refractivity contribution < 1.29 is 14.3 Å². The van der Waals surface area contributed by atoms with Crippen molar-refractivity contribution in [3.05, 3.63) is 36.4 Å². The standard InChI is InChI=1S/C18H17NO3/c1-22-10-4-2-3-9(7-10)19-17(20)15-11-5-6-12(14-8-13(11)14)16(15)18(19)21/h2-7,11-16H,8H2,1H3/t11-,12-,13-,14+,15+,16+/m0/s1. The van der Waals surface area contributed by atoms with Crippen molar-refractivity contribution in [1.82, 2.24) is 0 Å². The smallest absolute Gasteiger partial charge is 0.238 e. The van der Waals surface area contributed by atoms with E-state index in [0.29, 0.717) is 23.3 Å². The first kappa shape index (κ1) is 12.4. The van der Waals surface area contributed by atoms with E-state index in [0.717, 1.165) is 0 Å². The lowest BCUT2D eigenvalue weighted by Gasteiger charge is -2.37. The molecular weight excluding hydrogens is 278 g/mol. The number of methoxy groups -OCH3 is 1. The monoisotopic (exact) mass is 295 g/mol. The van der Waals surface area contributed by atoms with Gasteiger partial charge >= 0.3 is 0 Å². The Hall–Kier alpha value is -2.10. The Bertz CT molecular complexity index is 689. The lowest BCUT2D eigenvalue weighted by atomic mass is 9.63. The molecule has 3 fully saturated rings. The second-order valence-corrected chi connectivity index (χ2v) is 6.87. The Morgan fingerprint density at radius 2 is 1.68 bits per heavy atom. The maximum atomic E-state index is 12.9. The van der Waals surface area contributed by atoms with Crippen LogP contribution < -0.4 is 9.64 Å². The number of ether oxygens (including phenoxy) is 1. The molecule has 2 amide bonds. The molecule has 1 heterocycles. The highest BCUT2D eigenvalue weighted by Crippen LogP contribution is 2.65. The number of carbonyl (C=O) groups is 2. The molecule has 4 aliphatic carbocycles. The highest BCUT2D eigenvalue weighted by atomic mass is 16.5. The van der Waals surface area contributed by atoms with E-state index < -0.39 is 0 Å². The Kier molecular flexibility index (Phi) is 2.26. The van der Waals surface area contributed by atoms with Gasteiger partial charge in [0.05, 0.1) is 24.6 Å². The van der Waals surface area contributed by atoms with Crippen molar-refractivity contribution in [2.75, 3.05) is 12.0 Å². The molecule has 0 aromatic heterocycles. The summed E-state index contributed by atoms with van der Waals surface area (Å²) in [6.07, 6.45) is 5.58. The van der Waals surface area contributed by atoms with Gasteiger partial charge in [-0.3, -0.25) is 9.59 Å². The molecule has 4 nitrogen and oxygen atoms in total. The third kappa shape index (κ3) is 1.38. The maximum absolute atomic E-state index is 12.9. The fourth-order valence-corrected chi connectivity index (χ4v) is 4.96. The third-order valence-electron chi connectivity index (χ3n) is 5.97. The van der Waals surface area contributed by atoms with E-state index >= 15 is 0 Å². The van der Waals surface area contributed by atoms with Gasteiger partial charge in [-0.05, 0) is 42.2 Å². The minimum absolute atomic E-state index is 0.0204. The van der Waals surface area contributed by atoms with Gasteiger partial charge in [0, 0.05) is 6.07 Å². The highest BCUT2D eigenvalue weighted by molar-refractivity contribution is 6.22. The van der Waals surface area contributed by atoms with Gasteiger partial charge in [-0.2, -0.15) is 0 Å². The van der Waals surface area contributed by atoms with Crippen molar-refractivity contribution in [3.63, 3.8) is 0 Å². The number of benzene rings is 1. The van der Waals surface area contributed by atoms with Crippen LogP contribution in [-0.2, 0) is 9.59 Å². The normalized spacial score (nSPS) is 40.7. The quantitative estimate of drug-likeness (QED) is 0.621. The summed E-state index contributed by atoms with van der Waals surface area (Å²) >= 11 is 0. The molecule has 1 aromatic rings. The molecule has 22 heavy (non-hydrogen) atoms. The van der Waals surface area contributed by atoms with E-state index in [2.05, 4.69) is 12.2 Å². The molecule has 0 radical (unpaired) electrons. The number of anilines is 1. The van der Waals surface area contributed by atoms with Crippen LogP contribution in [0.5, 0.6) is 5.75 Å². The molecule has 112 valence electrons. The van der Waals surface area contributed by atoms with Crippen LogP contribution in [-0.4, -0.2) is 18.9 Å². The Balaban J connectivity index is 1.57. The SMILES string of the molecule is COc1cccc(N2C(=O)[C@@H]3[C@H]4C=C[C@@H]([C@@H]5C[C@H]45)[C@H]3C2=O)c1. The van der Waals surface area contributed by atoms with Crippen molar-refractivity contribution in [1.29, 1.82) is 0 Å². The van der Waals surface area contributed by atoms with E-state index in [9.17, 15) is 9.59 Å². The van der Waals surface area contributed by atoms with Crippen molar-refractivity contribution in [2.45, 2.75) is 6.42 Å². The fraction of sp³-hybridized carbons (Fsp3) is 0.444. The molecule has 0 spiro atoms. The zero-order valence-electron chi connectivity index (χ0n) is 12.3. The van der Waals surface area contributed by atoms with E-state index in [4.69, 9.17) is 4.74 Å². The molecule has 6 rings (SSSR count). The van der Waals surface area contributed by atoms with Gasteiger partial charge in [-0.1, -0.05) is 18.2 Å². The van der Waals surface area contributed by atoms with E-state index in [1.165, 1.54) is 11.3 Å². The number of nitrogens with zero attached hydrogens (tertiary/aromatic N) is 1. The summed E-state index contributed by atoms with van der Waals surface area (Å²) in [7, 11) is 1.59. The Morgan fingerprint density at radius 3 is 2.27 bits per heavy atom. The highest BCUT2D eigenvalue weighted by Gasteiger charge is 2.67. The molecule has 6 atom stereocenters. The van der Waals surface area contributed by atoms with E-state index in [1.54, 1.807) is 13.2 Å². The largest absolute Gasteiger partial charge is 0.497 e. The molecule has 0 unspecified atom stereocenters. The van der Waals surface area contributed by atoms with Gasteiger partial charge in [0.1, 0.15) is 5.75 Å². The molecule has 5 aliphatic rings. The maximum Gasteiger partial charge on any atom is 0.238 e. The van der Waals surface area contributed by atoms with Crippen LogP contribution in [0.1, 0.15) is 6.42 Å². The average Bonchev–Trinajstić information content (AvgIpc) is 3.32. The number of amides is 2. The van der Waals surface area contributed by atoms with Gasteiger partial charge in [0.15, 0.2) is 0 Å². The molecule has 0 N–H and O–H groups in total. The Labute approximate surface area is 128 Å². The summed E-state index contributed by atoms with van der Waals surface area (Å²) in [5.41, 5.74) is 0.636. The van der Waals surface area contributed by atoms with Gasteiger partial charge in [0.2, 0.25) is 11.8 Å². The van der Waals surface area contributed by atoms with Gasteiger partial charge in [-0.25, -0.2) is 4.90 Å². The zero-order chi connectivity index (χ0) is 15.0. The van der Waals surface area contributed by atoms with Crippen molar-refractivity contribution in [2.24, 2.45) is 35.5 Å². The molecule has 4 heteroatoms. The summed E-state index contributed by atoms with van der Waals surface area (Å²) in [6.45, 7) is 0. The van der Waals surface area contributed by atoms with Gasteiger partial charge in [0.25, 0.3) is 0 Å². The molecule has 2 bridgehead atoms. The van der Waals surface area contributed by atoms with Crippen molar-refractivity contribution in [3.8, 4) is 5.75 Å². The van der Waals surface area contributed by atoms with Crippen LogP contribution in [0.25, 0.3) is 0 Å². The van der Waals surface area contributed by atoms with Gasteiger partial charge in [-0.15, -0.1) is 0 Å². The van der Waals surface area contributed by atoms with Crippen LogP contribution in [0.15, 0.2) is 36.4 Å². The predicted octanol–water partition coefficient (Wildman–Crippen LogP) is 2.25. The predicted molar refractivity (Wildman–Crippen MR) is 80.2 cm³/mol. The number of carbonyl (C=O) groups excluding carboxylic acids is 2. The van der Waals surface area contributed by atoms with Crippen LogP contribution >= 0.6 is 0 Å². The molecule has 1 aliphatic heterocycles. The second-order valence-electron chi connectivity index (χ2n) is 6.87. The first-order valence-electron chi connectivity index (χ1n) is 7.91. The molecule has 2 saturated carbocycles. The van der Waals surface area contributed by atoms with Crippen LogP contribution in [0.2, 0.25) is 0 Å². The third-order valence-corrected chi connectivity index (χ3v) is 5.97. The molecule has 1 saturated heterocycles. The van der Waals surface area contributed by atoms with E-state index in [-0.39, 0.29) is 35.5 Å². The number of imide groups is 1. The van der Waals surface area contributed by atoms with Crippen LogP contribution in [0.3, 0.4) is 0 Å². The van der Waals surface area contributed by atoms with Crippen LogP contribution in [0.4, 0.5) is 5.69 Å². The van der Waals surface area contributed by atoms with Gasteiger partial charge < -0.3 is 4.74 Å². The minimum Gasteiger partial charge on any atom is -0.497 e. The zero-order valence-corrected chi connectivity index (χ0v) is 12.3. The number of hydrogen-bond acceptors (Lipinski definition) is 3. The number of allylic oxidation sites excluding steroid dienone is 2. The number of rotatable bonds is 2. The topological polar surface area (TPSA) is 46.6 Å². The number of hydrogen-bond donors (Lipinski definition) is 0. The fourth-order valence-electron chi connectivity index (χ4n) is 4.96. The Morgan fingerprint density at radius 1 is 1.05 bits per heavy atom. The summed E-state index contributed by atoms with van der Waals surface area (Å²) in [5.74, 6) is 2.16. The van der Waals surface area contributed by atoms with Crippen LogP contribution in [0, 0.1) is 35.5 Å². The average molecular weight is 295 g/mol. The molecular formula is C18H17NO3. The first-order valence-corrected chi connectivity index (χ1v) is 7.91. The molecule has 1 aromatic carbocycles. The summed E-state index contributed by atoms with van der Waals surface area (Å²) in [4.78, 5) is 27.3. The summed E-state index contributed by atoms with van der Waals surface area (Å²) in [6, 6.07) is 7.22. The lowest BCUT2D eigenvalue weighted by molar-refractivity contribution is -0.124. The first-order chi connectivity index (χ1) is 10.7. The second kappa shape index (κ2) is 4.00.